The Kier molecular flexibility index (Phi) is 3.59. The number of H-pyrrole nitrogens is 1. The number of aromatic amines is 1. The first-order valence-electron chi connectivity index (χ1n) is 5.86. The summed E-state index contributed by atoms with van der Waals surface area (Å²) in [7, 11) is 0. The van der Waals surface area contributed by atoms with Gasteiger partial charge >= 0.3 is 0 Å². The summed E-state index contributed by atoms with van der Waals surface area (Å²) in [6.07, 6.45) is 0. The molecule has 0 fully saturated rings. The highest BCUT2D eigenvalue weighted by atomic mass is 127. The summed E-state index contributed by atoms with van der Waals surface area (Å²) in [4.78, 5) is 3.06. The second-order valence-corrected chi connectivity index (χ2v) is 5.98. The molecule has 2 nitrogen and oxygen atoms in total. The molecule has 2 aromatic carbocycles. The van der Waals surface area contributed by atoms with Gasteiger partial charge in [0.05, 0.1) is 21.1 Å². The van der Waals surface area contributed by atoms with E-state index in [1.165, 1.54) is 18.2 Å². The van der Waals surface area contributed by atoms with Crippen LogP contribution < -0.4 is 0 Å². The summed E-state index contributed by atoms with van der Waals surface area (Å²) in [5.74, 6) is -0.558. The van der Waals surface area contributed by atoms with Gasteiger partial charge in [0.15, 0.2) is 4.77 Å². The van der Waals surface area contributed by atoms with Crippen molar-refractivity contribution in [2.75, 3.05) is 0 Å². The highest BCUT2D eigenvalue weighted by Crippen LogP contribution is 2.21. The van der Waals surface area contributed by atoms with Crippen LogP contribution in [0.4, 0.5) is 8.78 Å². The lowest BCUT2D eigenvalue weighted by molar-refractivity contribution is 0.621. The van der Waals surface area contributed by atoms with E-state index >= 15 is 0 Å². The van der Waals surface area contributed by atoms with E-state index in [0.717, 1.165) is 11.1 Å². The third-order valence-corrected chi connectivity index (χ3v) is 4.22. The Balaban J connectivity index is 2.11. The maximum atomic E-state index is 13.7. The van der Waals surface area contributed by atoms with Crippen LogP contribution in [0, 0.1) is 20.0 Å². The number of aromatic nitrogens is 2. The highest BCUT2D eigenvalue weighted by molar-refractivity contribution is 14.1. The average molecular weight is 402 g/mol. The minimum atomic E-state index is -0.281. The van der Waals surface area contributed by atoms with Crippen LogP contribution in [-0.2, 0) is 6.54 Å². The smallest absolute Gasteiger partial charge is 0.178 e. The number of benzene rings is 2. The molecule has 0 aliphatic heterocycles. The number of nitrogens with one attached hydrogen (secondary N) is 1. The van der Waals surface area contributed by atoms with Crippen molar-refractivity contribution < 1.29 is 8.78 Å². The van der Waals surface area contributed by atoms with Gasteiger partial charge in [-0.3, -0.25) is 0 Å². The Hall–Kier alpha value is -1.28. The zero-order chi connectivity index (χ0) is 14.3. The largest absolute Gasteiger partial charge is 0.331 e. The monoisotopic (exact) mass is 402 g/mol. The van der Waals surface area contributed by atoms with E-state index in [9.17, 15) is 8.78 Å². The number of halogens is 3. The van der Waals surface area contributed by atoms with Crippen molar-refractivity contribution in [3.05, 3.63) is 61.9 Å². The summed E-state index contributed by atoms with van der Waals surface area (Å²) in [6, 6.07) is 9.38. The second kappa shape index (κ2) is 5.25. The van der Waals surface area contributed by atoms with Crippen molar-refractivity contribution in [2.45, 2.75) is 6.54 Å². The molecule has 0 bridgehead atoms. The maximum Gasteiger partial charge on any atom is 0.178 e. The van der Waals surface area contributed by atoms with E-state index < -0.39 is 0 Å². The van der Waals surface area contributed by atoms with Gasteiger partial charge in [0, 0.05) is 6.07 Å². The molecule has 6 heteroatoms. The summed E-state index contributed by atoms with van der Waals surface area (Å²) in [5, 5.41) is 0. The van der Waals surface area contributed by atoms with Crippen molar-refractivity contribution in [1.29, 1.82) is 0 Å². The molecule has 102 valence electrons. The topological polar surface area (TPSA) is 20.7 Å². The molecule has 0 amide bonds. The van der Waals surface area contributed by atoms with E-state index in [2.05, 4.69) is 4.98 Å². The van der Waals surface area contributed by atoms with Crippen LogP contribution in [0.25, 0.3) is 11.0 Å². The Bertz CT molecular complexity index is 837. The molecule has 0 saturated heterocycles. The van der Waals surface area contributed by atoms with Crippen LogP contribution in [0.2, 0.25) is 0 Å². The van der Waals surface area contributed by atoms with Crippen LogP contribution in [0.5, 0.6) is 0 Å². The lowest BCUT2D eigenvalue weighted by Gasteiger charge is -2.05. The van der Waals surface area contributed by atoms with Gasteiger partial charge in [-0.05, 0) is 58.6 Å². The second-order valence-electron chi connectivity index (χ2n) is 4.43. The van der Waals surface area contributed by atoms with Crippen molar-refractivity contribution in [1.82, 2.24) is 9.55 Å². The van der Waals surface area contributed by atoms with Crippen LogP contribution >= 0.6 is 34.8 Å². The molecule has 0 spiro atoms. The number of imidazole rings is 1. The fraction of sp³-hybridized carbons (Fsp3) is 0.0714. The Morgan fingerprint density at radius 3 is 2.55 bits per heavy atom. The molecule has 1 heterocycles. The van der Waals surface area contributed by atoms with E-state index in [-0.39, 0.29) is 11.6 Å². The first-order valence-corrected chi connectivity index (χ1v) is 7.35. The quantitative estimate of drug-likeness (QED) is 0.490. The average Bonchev–Trinajstić information content (AvgIpc) is 2.69. The summed E-state index contributed by atoms with van der Waals surface area (Å²) < 4.78 is 29.5. The van der Waals surface area contributed by atoms with E-state index in [0.29, 0.717) is 20.4 Å². The van der Waals surface area contributed by atoms with E-state index in [1.807, 2.05) is 22.6 Å². The van der Waals surface area contributed by atoms with Crippen molar-refractivity contribution in [3.63, 3.8) is 0 Å². The Morgan fingerprint density at radius 1 is 1.15 bits per heavy atom. The molecule has 1 N–H and O–H groups in total. The van der Waals surface area contributed by atoms with Crippen LogP contribution in [0.1, 0.15) is 5.56 Å². The van der Waals surface area contributed by atoms with Gasteiger partial charge in [-0.1, -0.05) is 12.1 Å². The summed E-state index contributed by atoms with van der Waals surface area (Å²) >= 11 is 7.21. The predicted molar refractivity (Wildman–Crippen MR) is 85.3 cm³/mol. The van der Waals surface area contributed by atoms with Gasteiger partial charge < -0.3 is 9.55 Å². The third-order valence-electron chi connectivity index (χ3n) is 3.07. The van der Waals surface area contributed by atoms with Crippen molar-refractivity contribution in [3.8, 4) is 0 Å². The fourth-order valence-corrected chi connectivity index (χ4v) is 2.82. The highest BCUT2D eigenvalue weighted by Gasteiger charge is 2.09. The van der Waals surface area contributed by atoms with Gasteiger partial charge in [0.2, 0.25) is 0 Å². The normalized spacial score (nSPS) is 11.2. The van der Waals surface area contributed by atoms with Gasteiger partial charge in [-0.25, -0.2) is 8.78 Å². The molecule has 1 aromatic heterocycles. The number of hydrogen-bond donors (Lipinski definition) is 1. The van der Waals surface area contributed by atoms with Gasteiger partial charge in [-0.2, -0.15) is 0 Å². The first-order chi connectivity index (χ1) is 9.54. The predicted octanol–water partition coefficient (Wildman–Crippen LogP) is 4.63. The number of nitrogens with zero attached hydrogens (tertiary/aromatic N) is 1. The molecular weight excluding hydrogens is 393 g/mol. The minimum absolute atomic E-state index is 0.278. The minimum Gasteiger partial charge on any atom is -0.331 e. The molecule has 20 heavy (non-hydrogen) atoms. The lowest BCUT2D eigenvalue weighted by Crippen LogP contribution is -2.00. The molecule has 0 radical (unpaired) electrons. The van der Waals surface area contributed by atoms with Crippen LogP contribution in [-0.4, -0.2) is 9.55 Å². The molecular formula is C14H9F2IN2S. The molecule has 0 aliphatic carbocycles. The summed E-state index contributed by atoms with van der Waals surface area (Å²) in [5.41, 5.74) is 2.41. The third kappa shape index (κ3) is 2.49. The molecule has 0 aliphatic rings. The van der Waals surface area contributed by atoms with Crippen LogP contribution in [0.15, 0.2) is 36.4 Å². The van der Waals surface area contributed by atoms with Gasteiger partial charge in [0.1, 0.15) is 11.6 Å². The van der Waals surface area contributed by atoms with Crippen molar-refractivity contribution >= 4 is 45.8 Å². The van der Waals surface area contributed by atoms with E-state index in [1.54, 1.807) is 22.8 Å². The molecule has 0 saturated carbocycles. The molecule has 0 atom stereocenters. The SMILES string of the molecule is Fc1ccc(Cn2c(=S)[nH]c3cc(I)c(F)cc32)cc1. The molecule has 3 rings (SSSR count). The van der Waals surface area contributed by atoms with Gasteiger partial charge in [0.25, 0.3) is 0 Å². The number of fused-ring (bicyclic) bond motifs is 1. The zero-order valence-corrected chi connectivity index (χ0v) is 13.1. The first kappa shape index (κ1) is 13.7. The molecule has 3 aromatic rings. The van der Waals surface area contributed by atoms with Gasteiger partial charge in [-0.15, -0.1) is 0 Å². The Morgan fingerprint density at radius 2 is 1.85 bits per heavy atom. The molecule has 0 unspecified atom stereocenters. The number of hydrogen-bond acceptors (Lipinski definition) is 1. The summed E-state index contributed by atoms with van der Waals surface area (Å²) in [6.45, 7) is 0.471. The van der Waals surface area contributed by atoms with Crippen molar-refractivity contribution in [2.24, 2.45) is 0 Å². The lowest BCUT2D eigenvalue weighted by atomic mass is 10.2. The Labute approximate surface area is 132 Å². The fourth-order valence-electron chi connectivity index (χ4n) is 2.08. The maximum absolute atomic E-state index is 13.7. The van der Waals surface area contributed by atoms with Crippen LogP contribution in [0.3, 0.4) is 0 Å². The standard InChI is InChI=1S/C14H9F2IN2S/c15-9-3-1-8(2-4-9)7-19-13-5-10(16)11(17)6-12(13)18-14(19)20/h1-6H,7H2,(H,18,20). The number of rotatable bonds is 2. The van der Waals surface area contributed by atoms with E-state index in [4.69, 9.17) is 12.2 Å². The zero-order valence-electron chi connectivity index (χ0n) is 10.2.